The zero-order valence-corrected chi connectivity index (χ0v) is 7.40. The number of ether oxygens (including phenoxy) is 2. The lowest BCUT2D eigenvalue weighted by Gasteiger charge is -2.31. The molecule has 0 aromatic rings. The third-order valence-electron chi connectivity index (χ3n) is 2.03. The van der Waals surface area contributed by atoms with Crippen molar-refractivity contribution in [1.29, 1.82) is 0 Å². The first-order valence-corrected chi connectivity index (χ1v) is 4.39. The molecule has 0 unspecified atom stereocenters. The molecule has 1 heterocycles. The monoisotopic (exact) mass is 175 g/mol. The SMILES string of the molecule is C[C@@H]1O[C@@H](OCCN)CC[C@H]1O. The van der Waals surface area contributed by atoms with Crippen LogP contribution >= 0.6 is 0 Å². The Morgan fingerprint density at radius 3 is 2.92 bits per heavy atom. The fourth-order valence-corrected chi connectivity index (χ4v) is 1.26. The Kier molecular flexibility index (Phi) is 3.94. The minimum absolute atomic E-state index is 0.124. The molecule has 3 atom stereocenters. The normalized spacial score (nSPS) is 36.8. The molecule has 0 bridgehead atoms. The second-order valence-electron chi connectivity index (χ2n) is 3.07. The first-order valence-electron chi connectivity index (χ1n) is 4.39. The Hall–Kier alpha value is -0.160. The van der Waals surface area contributed by atoms with Crippen LogP contribution in [-0.4, -0.2) is 36.8 Å². The van der Waals surface area contributed by atoms with Crippen LogP contribution < -0.4 is 5.73 Å². The lowest BCUT2D eigenvalue weighted by Crippen LogP contribution is -2.38. The minimum atomic E-state index is -0.345. The second kappa shape index (κ2) is 4.77. The van der Waals surface area contributed by atoms with Crippen LogP contribution in [0.25, 0.3) is 0 Å². The summed E-state index contributed by atoms with van der Waals surface area (Å²) in [5.41, 5.74) is 5.28. The van der Waals surface area contributed by atoms with E-state index in [9.17, 15) is 5.11 Å². The van der Waals surface area contributed by atoms with E-state index in [2.05, 4.69) is 0 Å². The average molecular weight is 175 g/mol. The van der Waals surface area contributed by atoms with Crippen molar-refractivity contribution in [2.75, 3.05) is 13.2 Å². The number of nitrogens with two attached hydrogens (primary N) is 1. The Labute approximate surface area is 72.6 Å². The van der Waals surface area contributed by atoms with Gasteiger partial charge in [0, 0.05) is 13.0 Å². The van der Waals surface area contributed by atoms with E-state index in [0.29, 0.717) is 13.2 Å². The zero-order valence-electron chi connectivity index (χ0n) is 7.40. The van der Waals surface area contributed by atoms with Gasteiger partial charge in [0.05, 0.1) is 18.8 Å². The van der Waals surface area contributed by atoms with Crippen LogP contribution in [-0.2, 0) is 9.47 Å². The van der Waals surface area contributed by atoms with E-state index in [-0.39, 0.29) is 18.5 Å². The number of hydrogen-bond donors (Lipinski definition) is 2. The highest BCUT2D eigenvalue weighted by atomic mass is 16.7. The van der Waals surface area contributed by atoms with E-state index in [1.165, 1.54) is 0 Å². The van der Waals surface area contributed by atoms with Crippen LogP contribution in [0.15, 0.2) is 0 Å². The molecule has 3 N–H and O–H groups in total. The van der Waals surface area contributed by atoms with Crippen LogP contribution in [0.2, 0.25) is 0 Å². The summed E-state index contributed by atoms with van der Waals surface area (Å²) in [7, 11) is 0. The van der Waals surface area contributed by atoms with E-state index in [4.69, 9.17) is 15.2 Å². The highest BCUT2D eigenvalue weighted by Gasteiger charge is 2.26. The Bertz CT molecular complexity index is 129. The van der Waals surface area contributed by atoms with Crippen molar-refractivity contribution >= 4 is 0 Å². The van der Waals surface area contributed by atoms with Crippen LogP contribution in [0.1, 0.15) is 19.8 Å². The molecule has 0 aromatic carbocycles. The van der Waals surface area contributed by atoms with Gasteiger partial charge in [-0.2, -0.15) is 0 Å². The van der Waals surface area contributed by atoms with Gasteiger partial charge in [-0.3, -0.25) is 0 Å². The zero-order chi connectivity index (χ0) is 8.97. The Morgan fingerprint density at radius 2 is 2.33 bits per heavy atom. The molecule has 0 amide bonds. The summed E-state index contributed by atoms with van der Waals surface area (Å²) >= 11 is 0. The summed E-state index contributed by atoms with van der Waals surface area (Å²) in [5, 5.41) is 9.32. The lowest BCUT2D eigenvalue weighted by atomic mass is 10.1. The van der Waals surface area contributed by atoms with Gasteiger partial charge in [-0.25, -0.2) is 0 Å². The summed E-state index contributed by atoms with van der Waals surface area (Å²) < 4.78 is 10.7. The summed E-state index contributed by atoms with van der Waals surface area (Å²) in [6.07, 6.45) is 0.859. The predicted octanol–water partition coefficient (Wildman–Crippen LogP) is -0.152. The average Bonchev–Trinajstić information content (AvgIpc) is 2.07. The molecule has 12 heavy (non-hydrogen) atoms. The van der Waals surface area contributed by atoms with Gasteiger partial charge in [0.15, 0.2) is 6.29 Å². The second-order valence-corrected chi connectivity index (χ2v) is 3.07. The summed E-state index contributed by atoms with van der Waals surface area (Å²) in [4.78, 5) is 0. The molecule has 4 nitrogen and oxygen atoms in total. The van der Waals surface area contributed by atoms with Gasteiger partial charge in [0.2, 0.25) is 0 Å². The molecule has 0 radical (unpaired) electrons. The number of hydrogen-bond acceptors (Lipinski definition) is 4. The summed E-state index contributed by atoms with van der Waals surface area (Å²) in [6, 6.07) is 0. The van der Waals surface area contributed by atoms with Crippen molar-refractivity contribution < 1.29 is 14.6 Å². The van der Waals surface area contributed by atoms with Gasteiger partial charge >= 0.3 is 0 Å². The van der Waals surface area contributed by atoms with E-state index in [0.717, 1.165) is 12.8 Å². The van der Waals surface area contributed by atoms with Gasteiger partial charge in [-0.1, -0.05) is 0 Å². The topological polar surface area (TPSA) is 64.7 Å². The Morgan fingerprint density at radius 1 is 1.58 bits per heavy atom. The van der Waals surface area contributed by atoms with Crippen molar-refractivity contribution in [3.8, 4) is 0 Å². The molecule has 1 aliphatic rings. The molecule has 0 aliphatic carbocycles. The van der Waals surface area contributed by atoms with Crippen molar-refractivity contribution in [3.63, 3.8) is 0 Å². The molecule has 1 saturated heterocycles. The molecule has 1 fully saturated rings. The van der Waals surface area contributed by atoms with Gasteiger partial charge in [0.1, 0.15) is 0 Å². The molecular formula is C8H17NO3. The maximum absolute atomic E-state index is 9.32. The van der Waals surface area contributed by atoms with E-state index < -0.39 is 0 Å². The highest BCUT2D eigenvalue weighted by molar-refractivity contribution is 4.71. The molecular weight excluding hydrogens is 158 g/mol. The smallest absolute Gasteiger partial charge is 0.158 e. The molecule has 1 aliphatic heterocycles. The largest absolute Gasteiger partial charge is 0.390 e. The predicted molar refractivity (Wildman–Crippen MR) is 44.6 cm³/mol. The molecule has 4 heteroatoms. The summed E-state index contributed by atoms with van der Waals surface area (Å²) in [5.74, 6) is 0. The van der Waals surface area contributed by atoms with Crippen molar-refractivity contribution in [3.05, 3.63) is 0 Å². The van der Waals surface area contributed by atoms with E-state index in [1.54, 1.807) is 0 Å². The van der Waals surface area contributed by atoms with Gasteiger partial charge in [-0.15, -0.1) is 0 Å². The van der Waals surface area contributed by atoms with Crippen molar-refractivity contribution in [1.82, 2.24) is 0 Å². The first kappa shape index (κ1) is 9.92. The third-order valence-corrected chi connectivity index (χ3v) is 2.03. The van der Waals surface area contributed by atoms with Crippen LogP contribution in [0.3, 0.4) is 0 Å². The molecule has 1 rings (SSSR count). The molecule has 72 valence electrons. The van der Waals surface area contributed by atoms with Crippen LogP contribution in [0, 0.1) is 0 Å². The van der Waals surface area contributed by atoms with Gasteiger partial charge in [0.25, 0.3) is 0 Å². The molecule has 0 spiro atoms. The maximum Gasteiger partial charge on any atom is 0.158 e. The highest BCUT2D eigenvalue weighted by Crippen LogP contribution is 2.19. The van der Waals surface area contributed by atoms with Crippen molar-refractivity contribution in [2.24, 2.45) is 5.73 Å². The number of aliphatic hydroxyl groups is 1. The van der Waals surface area contributed by atoms with E-state index in [1.807, 2.05) is 6.92 Å². The van der Waals surface area contributed by atoms with E-state index >= 15 is 0 Å². The standard InChI is InChI=1S/C8H17NO3/c1-6-7(10)2-3-8(12-6)11-5-4-9/h6-8,10H,2-5,9H2,1H3/t6-,7+,8+/m0/s1. The first-order chi connectivity index (χ1) is 5.74. The fraction of sp³-hybridized carbons (Fsp3) is 1.00. The minimum Gasteiger partial charge on any atom is -0.390 e. The Balaban J connectivity index is 2.21. The van der Waals surface area contributed by atoms with Gasteiger partial charge in [-0.05, 0) is 13.3 Å². The molecule has 0 aromatic heterocycles. The number of rotatable bonds is 3. The maximum atomic E-state index is 9.32. The third kappa shape index (κ3) is 2.71. The van der Waals surface area contributed by atoms with Crippen molar-refractivity contribution in [2.45, 2.75) is 38.3 Å². The lowest BCUT2D eigenvalue weighted by molar-refractivity contribution is -0.215. The fourth-order valence-electron chi connectivity index (χ4n) is 1.26. The quantitative estimate of drug-likeness (QED) is 0.626. The van der Waals surface area contributed by atoms with Crippen LogP contribution in [0.5, 0.6) is 0 Å². The number of aliphatic hydroxyl groups excluding tert-OH is 1. The molecule has 0 saturated carbocycles. The van der Waals surface area contributed by atoms with Gasteiger partial charge < -0.3 is 20.3 Å². The summed E-state index contributed by atoms with van der Waals surface area (Å²) in [6.45, 7) is 2.88. The van der Waals surface area contributed by atoms with Crippen LogP contribution in [0.4, 0.5) is 0 Å².